The lowest BCUT2D eigenvalue weighted by Gasteiger charge is -2.38. The van der Waals surface area contributed by atoms with Crippen molar-refractivity contribution in [2.75, 3.05) is 32.8 Å². The lowest BCUT2D eigenvalue weighted by atomic mass is 10.2. The number of carbonyl (C=O) groups excluding carboxylic acids is 1. The van der Waals surface area contributed by atoms with Gasteiger partial charge in [0, 0.05) is 32.8 Å². The second-order valence-corrected chi connectivity index (χ2v) is 12.0. The monoisotopic (exact) mass is 509 g/mol. The highest BCUT2D eigenvalue weighted by Gasteiger charge is 2.43. The van der Waals surface area contributed by atoms with Gasteiger partial charge in [0.05, 0.1) is 15.9 Å². The van der Waals surface area contributed by atoms with E-state index in [1.807, 2.05) is 13.8 Å². The SMILES string of the molecule is CC(C)OCCCNC(=O)[C@H]1CN(S(=O)(=O)c2ccccc2)CCN1S(=O)(=O)c1ccccc1. The molecule has 3 rings (SSSR count). The molecule has 1 N–H and O–H groups in total. The van der Waals surface area contributed by atoms with Gasteiger partial charge in [-0.15, -0.1) is 0 Å². The van der Waals surface area contributed by atoms with Crippen LogP contribution in [0, 0.1) is 0 Å². The number of ether oxygens (including phenoxy) is 1. The fourth-order valence-electron chi connectivity index (χ4n) is 3.65. The number of nitrogens with one attached hydrogen (secondary N) is 1. The number of hydrogen-bond donors (Lipinski definition) is 1. The molecule has 1 aliphatic heterocycles. The topological polar surface area (TPSA) is 113 Å². The third kappa shape index (κ3) is 6.22. The minimum absolute atomic E-state index is 0.0532. The molecule has 0 saturated carbocycles. The number of sulfonamides is 2. The maximum Gasteiger partial charge on any atom is 0.243 e. The molecule has 9 nitrogen and oxygen atoms in total. The molecule has 186 valence electrons. The first-order valence-electron chi connectivity index (χ1n) is 11.2. The van der Waals surface area contributed by atoms with Gasteiger partial charge < -0.3 is 10.1 Å². The van der Waals surface area contributed by atoms with Gasteiger partial charge >= 0.3 is 0 Å². The number of hydrogen-bond acceptors (Lipinski definition) is 6. The van der Waals surface area contributed by atoms with Crippen molar-refractivity contribution in [1.82, 2.24) is 13.9 Å². The van der Waals surface area contributed by atoms with Gasteiger partial charge in [-0.25, -0.2) is 16.8 Å². The zero-order chi connectivity index (χ0) is 24.8. The molecule has 0 spiro atoms. The predicted octanol–water partition coefficient (Wildman–Crippen LogP) is 1.68. The maximum absolute atomic E-state index is 13.3. The third-order valence-corrected chi connectivity index (χ3v) is 9.20. The Morgan fingerprint density at radius 1 is 0.941 bits per heavy atom. The molecule has 1 aliphatic rings. The first-order chi connectivity index (χ1) is 16.1. The summed E-state index contributed by atoms with van der Waals surface area (Å²) in [5.74, 6) is -0.544. The zero-order valence-electron chi connectivity index (χ0n) is 19.3. The molecule has 34 heavy (non-hydrogen) atoms. The van der Waals surface area contributed by atoms with Crippen LogP contribution >= 0.6 is 0 Å². The number of amides is 1. The van der Waals surface area contributed by atoms with Crippen LogP contribution in [-0.4, -0.2) is 76.3 Å². The van der Waals surface area contributed by atoms with Gasteiger partial charge in [0.1, 0.15) is 6.04 Å². The van der Waals surface area contributed by atoms with Crippen LogP contribution in [0.4, 0.5) is 0 Å². The summed E-state index contributed by atoms with van der Waals surface area (Å²) in [7, 11) is -7.90. The van der Waals surface area contributed by atoms with Crippen molar-refractivity contribution in [2.45, 2.75) is 42.2 Å². The average Bonchev–Trinajstić information content (AvgIpc) is 2.84. The molecule has 0 bridgehead atoms. The summed E-state index contributed by atoms with van der Waals surface area (Å²) in [6, 6.07) is 14.5. The molecule has 1 saturated heterocycles. The summed E-state index contributed by atoms with van der Waals surface area (Å²) in [4.78, 5) is 13.3. The summed E-state index contributed by atoms with van der Waals surface area (Å²) in [6.07, 6.45) is 0.617. The first-order valence-corrected chi connectivity index (χ1v) is 14.0. The Morgan fingerprint density at radius 3 is 2.06 bits per heavy atom. The van der Waals surface area contributed by atoms with E-state index in [2.05, 4.69) is 5.32 Å². The average molecular weight is 510 g/mol. The van der Waals surface area contributed by atoms with Crippen LogP contribution in [0.15, 0.2) is 70.5 Å². The smallest absolute Gasteiger partial charge is 0.243 e. The number of benzene rings is 2. The summed E-state index contributed by atoms with van der Waals surface area (Å²) >= 11 is 0. The maximum atomic E-state index is 13.3. The van der Waals surface area contributed by atoms with Gasteiger partial charge in [0.15, 0.2) is 0 Å². The van der Waals surface area contributed by atoms with Crippen LogP contribution < -0.4 is 5.32 Å². The number of nitrogens with zero attached hydrogens (tertiary/aromatic N) is 2. The van der Waals surface area contributed by atoms with E-state index in [9.17, 15) is 21.6 Å². The van der Waals surface area contributed by atoms with Gasteiger partial charge in [0.25, 0.3) is 0 Å². The van der Waals surface area contributed by atoms with Crippen molar-refractivity contribution in [2.24, 2.45) is 0 Å². The normalized spacial score (nSPS) is 18.1. The molecule has 1 atom stereocenters. The minimum atomic E-state index is -4.01. The van der Waals surface area contributed by atoms with E-state index in [0.717, 1.165) is 4.31 Å². The largest absolute Gasteiger partial charge is 0.379 e. The zero-order valence-corrected chi connectivity index (χ0v) is 21.0. The third-order valence-electron chi connectivity index (χ3n) is 5.40. The minimum Gasteiger partial charge on any atom is -0.379 e. The highest BCUT2D eigenvalue weighted by Crippen LogP contribution is 2.25. The Balaban J connectivity index is 1.83. The van der Waals surface area contributed by atoms with Crippen molar-refractivity contribution in [3.8, 4) is 0 Å². The molecular weight excluding hydrogens is 478 g/mol. The molecule has 2 aromatic rings. The van der Waals surface area contributed by atoms with Crippen LogP contribution in [0.1, 0.15) is 20.3 Å². The van der Waals surface area contributed by atoms with E-state index in [1.165, 1.54) is 28.6 Å². The van der Waals surface area contributed by atoms with E-state index in [0.29, 0.717) is 13.0 Å². The van der Waals surface area contributed by atoms with Crippen molar-refractivity contribution >= 4 is 26.0 Å². The first kappa shape index (κ1) is 26.3. The molecule has 1 heterocycles. The predicted molar refractivity (Wildman–Crippen MR) is 128 cm³/mol. The molecule has 1 fully saturated rings. The fourth-order valence-corrected chi connectivity index (χ4v) is 6.70. The quantitative estimate of drug-likeness (QED) is 0.488. The molecule has 1 amide bonds. The Kier molecular flexibility index (Phi) is 8.83. The molecule has 0 unspecified atom stereocenters. The Bertz CT molecular complexity index is 1160. The Labute approximate surface area is 201 Å². The van der Waals surface area contributed by atoms with Crippen LogP contribution in [0.3, 0.4) is 0 Å². The van der Waals surface area contributed by atoms with Crippen molar-refractivity contribution in [3.05, 3.63) is 60.7 Å². The number of rotatable bonds is 10. The van der Waals surface area contributed by atoms with Gasteiger partial charge in [-0.1, -0.05) is 36.4 Å². The van der Waals surface area contributed by atoms with E-state index >= 15 is 0 Å². The van der Waals surface area contributed by atoms with Crippen LogP contribution in [0.25, 0.3) is 0 Å². The lowest BCUT2D eigenvalue weighted by molar-refractivity contribution is -0.125. The van der Waals surface area contributed by atoms with E-state index in [4.69, 9.17) is 4.74 Å². The molecule has 11 heteroatoms. The molecular formula is C23H31N3O6S2. The van der Waals surface area contributed by atoms with E-state index in [-0.39, 0.29) is 42.1 Å². The van der Waals surface area contributed by atoms with Crippen molar-refractivity contribution < 1.29 is 26.4 Å². The summed E-state index contributed by atoms with van der Waals surface area (Å²) in [5.41, 5.74) is 0. The van der Waals surface area contributed by atoms with Gasteiger partial charge in [-0.3, -0.25) is 4.79 Å². The summed E-state index contributed by atoms with van der Waals surface area (Å²) in [6.45, 7) is 4.07. The van der Waals surface area contributed by atoms with Gasteiger partial charge in [0.2, 0.25) is 26.0 Å². The van der Waals surface area contributed by atoms with Crippen LogP contribution in [-0.2, 0) is 29.6 Å². The van der Waals surface area contributed by atoms with Crippen LogP contribution in [0.5, 0.6) is 0 Å². The standard InChI is InChI=1S/C23H31N3O6S2/c1-19(2)32-17-9-14-24-23(27)22-18-25(33(28,29)20-10-5-3-6-11-20)15-16-26(22)34(30,31)21-12-7-4-8-13-21/h3-8,10-13,19,22H,9,14-18H2,1-2H3,(H,24,27)/t22-/m1/s1. The summed E-state index contributed by atoms with van der Waals surface area (Å²) in [5, 5.41) is 2.74. The second kappa shape index (κ2) is 11.4. The molecule has 0 aliphatic carbocycles. The summed E-state index contributed by atoms with van der Waals surface area (Å²) < 4.78 is 60.7. The second-order valence-electron chi connectivity index (χ2n) is 8.18. The van der Waals surface area contributed by atoms with Crippen molar-refractivity contribution in [3.63, 3.8) is 0 Å². The fraction of sp³-hybridized carbons (Fsp3) is 0.435. The van der Waals surface area contributed by atoms with E-state index < -0.39 is 32.0 Å². The lowest BCUT2D eigenvalue weighted by Crippen LogP contribution is -2.61. The highest BCUT2D eigenvalue weighted by atomic mass is 32.2. The van der Waals surface area contributed by atoms with Gasteiger partial charge in [-0.05, 0) is 44.5 Å². The number of carbonyl (C=O) groups is 1. The molecule has 0 radical (unpaired) electrons. The number of piperazine rings is 1. The highest BCUT2D eigenvalue weighted by molar-refractivity contribution is 7.89. The Hall–Kier alpha value is -2.31. The molecule has 2 aromatic carbocycles. The van der Waals surface area contributed by atoms with Gasteiger partial charge in [-0.2, -0.15) is 8.61 Å². The van der Waals surface area contributed by atoms with E-state index in [1.54, 1.807) is 36.4 Å². The Morgan fingerprint density at radius 2 is 1.50 bits per heavy atom. The van der Waals surface area contributed by atoms with Crippen LogP contribution in [0.2, 0.25) is 0 Å². The van der Waals surface area contributed by atoms with Crippen molar-refractivity contribution in [1.29, 1.82) is 0 Å². The molecule has 0 aromatic heterocycles.